The van der Waals surface area contributed by atoms with E-state index in [2.05, 4.69) is 37.3 Å². The topological polar surface area (TPSA) is 39.1 Å². The van der Waals surface area contributed by atoms with Crippen LogP contribution in [0.4, 0.5) is 0 Å². The predicted octanol–water partition coefficient (Wildman–Crippen LogP) is 1.86. The van der Waals surface area contributed by atoms with Gasteiger partial charge in [0.1, 0.15) is 0 Å². The maximum Gasteiger partial charge on any atom is 0.0982 e. The van der Waals surface area contributed by atoms with Crippen LogP contribution in [0.2, 0.25) is 0 Å². The fourth-order valence-electron chi connectivity index (χ4n) is 2.55. The molecule has 0 aromatic carbocycles. The maximum absolute atomic E-state index is 9.20. The normalized spacial score (nSPS) is 27.7. The first kappa shape index (κ1) is 13.5. The zero-order valence-electron chi connectivity index (χ0n) is 10.9. The van der Waals surface area contributed by atoms with Gasteiger partial charge in [-0.1, -0.05) is 19.8 Å². The molecule has 1 aliphatic carbocycles. The highest BCUT2D eigenvalue weighted by molar-refractivity contribution is 4.96. The van der Waals surface area contributed by atoms with Crippen LogP contribution in [-0.4, -0.2) is 38.1 Å². The van der Waals surface area contributed by atoms with E-state index in [1.807, 2.05) is 0 Å². The first-order valence-electron chi connectivity index (χ1n) is 6.41. The van der Waals surface area contributed by atoms with Crippen molar-refractivity contribution in [1.29, 1.82) is 5.26 Å². The average molecular weight is 223 g/mol. The number of nitrogens with one attached hydrogen (secondary N) is 1. The van der Waals surface area contributed by atoms with Crippen LogP contribution in [0.25, 0.3) is 0 Å². The first-order chi connectivity index (χ1) is 7.63. The average Bonchev–Trinajstić information content (AvgIpc) is 2.24. The van der Waals surface area contributed by atoms with Crippen LogP contribution in [-0.2, 0) is 0 Å². The van der Waals surface area contributed by atoms with E-state index < -0.39 is 0 Å². The smallest absolute Gasteiger partial charge is 0.0982 e. The van der Waals surface area contributed by atoms with E-state index in [-0.39, 0.29) is 6.04 Å². The van der Waals surface area contributed by atoms with Crippen molar-refractivity contribution in [1.82, 2.24) is 10.2 Å². The molecule has 3 atom stereocenters. The summed E-state index contributed by atoms with van der Waals surface area (Å²) in [6.07, 6.45) is 5.07. The highest BCUT2D eigenvalue weighted by Crippen LogP contribution is 2.30. The lowest BCUT2D eigenvalue weighted by Crippen LogP contribution is -2.40. The van der Waals surface area contributed by atoms with Gasteiger partial charge in [0.15, 0.2) is 0 Å². The lowest BCUT2D eigenvalue weighted by Gasteiger charge is -2.30. The molecule has 0 spiro atoms. The summed E-state index contributed by atoms with van der Waals surface area (Å²) in [6.45, 7) is 4.22. The minimum absolute atomic E-state index is 0.0581. The molecule has 1 saturated carbocycles. The SMILES string of the molecule is CC1CCCC(C(C#N)NCCN(C)C)C1. The van der Waals surface area contributed by atoms with Gasteiger partial charge in [-0.3, -0.25) is 0 Å². The fraction of sp³-hybridized carbons (Fsp3) is 0.923. The molecule has 0 aliphatic heterocycles. The van der Waals surface area contributed by atoms with Gasteiger partial charge >= 0.3 is 0 Å². The summed E-state index contributed by atoms with van der Waals surface area (Å²) in [5, 5.41) is 12.6. The molecule has 0 bridgehead atoms. The Labute approximate surface area is 99.8 Å². The van der Waals surface area contributed by atoms with E-state index in [1.54, 1.807) is 0 Å². The Bertz CT molecular complexity index is 232. The second-order valence-electron chi connectivity index (χ2n) is 5.40. The molecule has 1 aliphatic rings. The molecule has 0 heterocycles. The summed E-state index contributed by atoms with van der Waals surface area (Å²) in [6, 6.07) is 2.49. The van der Waals surface area contributed by atoms with Crippen molar-refractivity contribution in [2.75, 3.05) is 27.2 Å². The van der Waals surface area contributed by atoms with E-state index in [1.165, 1.54) is 25.7 Å². The highest BCUT2D eigenvalue weighted by atomic mass is 15.1. The third-order valence-electron chi connectivity index (χ3n) is 3.51. The van der Waals surface area contributed by atoms with Gasteiger partial charge in [0.25, 0.3) is 0 Å². The predicted molar refractivity (Wildman–Crippen MR) is 67.1 cm³/mol. The molecule has 0 radical (unpaired) electrons. The molecular formula is C13H25N3. The first-order valence-corrected chi connectivity index (χ1v) is 6.41. The molecule has 1 fully saturated rings. The lowest BCUT2D eigenvalue weighted by molar-refractivity contribution is 0.244. The molecule has 3 unspecified atom stereocenters. The summed E-state index contributed by atoms with van der Waals surface area (Å²) in [7, 11) is 4.12. The van der Waals surface area contributed by atoms with E-state index in [9.17, 15) is 5.26 Å². The monoisotopic (exact) mass is 223 g/mol. The van der Waals surface area contributed by atoms with Gasteiger partial charge in [-0.25, -0.2) is 0 Å². The van der Waals surface area contributed by atoms with Crippen LogP contribution in [0.5, 0.6) is 0 Å². The van der Waals surface area contributed by atoms with E-state index >= 15 is 0 Å². The second-order valence-corrected chi connectivity index (χ2v) is 5.40. The largest absolute Gasteiger partial charge is 0.308 e. The van der Waals surface area contributed by atoms with Gasteiger partial charge in [0.05, 0.1) is 12.1 Å². The summed E-state index contributed by atoms with van der Waals surface area (Å²) >= 11 is 0. The third-order valence-corrected chi connectivity index (χ3v) is 3.51. The lowest BCUT2D eigenvalue weighted by atomic mass is 9.79. The molecule has 0 saturated heterocycles. The van der Waals surface area contributed by atoms with E-state index in [0.29, 0.717) is 5.92 Å². The van der Waals surface area contributed by atoms with Crippen molar-refractivity contribution >= 4 is 0 Å². The number of hydrogen-bond acceptors (Lipinski definition) is 3. The van der Waals surface area contributed by atoms with Crippen LogP contribution in [0, 0.1) is 23.2 Å². The summed E-state index contributed by atoms with van der Waals surface area (Å²) < 4.78 is 0. The molecule has 3 nitrogen and oxygen atoms in total. The number of likely N-dealkylation sites (N-methyl/N-ethyl adjacent to an activating group) is 1. The van der Waals surface area contributed by atoms with Crippen LogP contribution in [0.1, 0.15) is 32.6 Å². The van der Waals surface area contributed by atoms with Gasteiger partial charge in [-0.05, 0) is 38.8 Å². The fourth-order valence-corrected chi connectivity index (χ4v) is 2.55. The molecule has 0 aromatic heterocycles. The molecule has 92 valence electrons. The molecule has 1 rings (SSSR count). The van der Waals surface area contributed by atoms with Crippen LogP contribution in [0.3, 0.4) is 0 Å². The Hall–Kier alpha value is -0.590. The number of rotatable bonds is 5. The molecular weight excluding hydrogens is 198 g/mol. The highest BCUT2D eigenvalue weighted by Gasteiger charge is 2.26. The molecule has 0 amide bonds. The van der Waals surface area contributed by atoms with Crippen molar-refractivity contribution in [2.45, 2.75) is 38.6 Å². The summed E-state index contributed by atoms with van der Waals surface area (Å²) in [5.41, 5.74) is 0. The Morgan fingerprint density at radius 2 is 2.19 bits per heavy atom. The van der Waals surface area contributed by atoms with Gasteiger partial charge in [0, 0.05) is 13.1 Å². The zero-order chi connectivity index (χ0) is 12.0. The molecule has 0 aromatic rings. The summed E-state index contributed by atoms with van der Waals surface area (Å²) in [4.78, 5) is 2.14. The van der Waals surface area contributed by atoms with Gasteiger partial charge in [-0.2, -0.15) is 5.26 Å². The number of nitriles is 1. The third kappa shape index (κ3) is 4.51. The van der Waals surface area contributed by atoms with Crippen molar-refractivity contribution in [3.63, 3.8) is 0 Å². The Balaban J connectivity index is 2.32. The van der Waals surface area contributed by atoms with Crippen molar-refractivity contribution in [3.8, 4) is 6.07 Å². The van der Waals surface area contributed by atoms with Crippen molar-refractivity contribution in [3.05, 3.63) is 0 Å². The quantitative estimate of drug-likeness (QED) is 0.773. The Morgan fingerprint density at radius 1 is 1.44 bits per heavy atom. The minimum atomic E-state index is 0.0581. The van der Waals surface area contributed by atoms with Gasteiger partial charge in [0.2, 0.25) is 0 Å². The molecule has 16 heavy (non-hydrogen) atoms. The van der Waals surface area contributed by atoms with Crippen LogP contribution in [0.15, 0.2) is 0 Å². The Kier molecular flexibility index (Phi) is 5.79. The molecule has 3 heteroatoms. The summed E-state index contributed by atoms with van der Waals surface area (Å²) in [5.74, 6) is 1.36. The zero-order valence-corrected chi connectivity index (χ0v) is 10.9. The van der Waals surface area contributed by atoms with Crippen molar-refractivity contribution < 1.29 is 0 Å². The van der Waals surface area contributed by atoms with Crippen LogP contribution >= 0.6 is 0 Å². The maximum atomic E-state index is 9.20. The minimum Gasteiger partial charge on any atom is -0.308 e. The number of nitrogens with zero attached hydrogens (tertiary/aromatic N) is 2. The standard InChI is InChI=1S/C13H25N3/c1-11-5-4-6-12(9-11)13(10-14)15-7-8-16(2)3/h11-13,15H,4-9H2,1-3H3. The van der Waals surface area contributed by atoms with Gasteiger partial charge < -0.3 is 10.2 Å². The Morgan fingerprint density at radius 3 is 2.75 bits per heavy atom. The number of hydrogen-bond donors (Lipinski definition) is 1. The van der Waals surface area contributed by atoms with E-state index in [0.717, 1.165) is 19.0 Å². The van der Waals surface area contributed by atoms with Gasteiger partial charge in [-0.15, -0.1) is 0 Å². The van der Waals surface area contributed by atoms with Crippen LogP contribution < -0.4 is 5.32 Å². The second kappa shape index (κ2) is 6.88. The van der Waals surface area contributed by atoms with Crippen molar-refractivity contribution in [2.24, 2.45) is 11.8 Å². The molecule has 1 N–H and O–H groups in total. The van der Waals surface area contributed by atoms with E-state index in [4.69, 9.17) is 0 Å².